The number of hydrogen-bond donors (Lipinski definition) is 3. The minimum absolute atomic E-state index is 0. The Kier molecular flexibility index (Phi) is 5.42. The first kappa shape index (κ1) is 21.2. The predicted molar refractivity (Wildman–Crippen MR) is 114 cm³/mol. The van der Waals surface area contributed by atoms with E-state index in [-0.39, 0.29) is 41.1 Å². The van der Waals surface area contributed by atoms with Gasteiger partial charge in [0.2, 0.25) is 5.88 Å². The first-order chi connectivity index (χ1) is 13.2. The highest BCUT2D eigenvalue weighted by molar-refractivity contribution is 5.97. The van der Waals surface area contributed by atoms with E-state index in [1.54, 1.807) is 4.57 Å². The topological polar surface area (TPSA) is 115 Å². The summed E-state index contributed by atoms with van der Waals surface area (Å²) in [5.74, 6) is -0.185. The van der Waals surface area contributed by atoms with Crippen LogP contribution >= 0.6 is 12.4 Å². The van der Waals surface area contributed by atoms with E-state index >= 15 is 0 Å². The lowest BCUT2D eigenvalue weighted by atomic mass is 9.96. The lowest BCUT2D eigenvalue weighted by Gasteiger charge is -2.23. The first-order valence-electron chi connectivity index (χ1n) is 9.79. The zero-order valence-electron chi connectivity index (χ0n) is 16.9. The van der Waals surface area contributed by atoms with Gasteiger partial charge in [-0.1, -0.05) is 32.9 Å². The summed E-state index contributed by atoms with van der Waals surface area (Å²) in [6.07, 6.45) is 7.98. The predicted octanol–water partition coefficient (Wildman–Crippen LogP) is 2.57. The zero-order chi connectivity index (χ0) is 20.2. The Hall–Kier alpha value is -2.48. The number of nitrogens with two attached hydrogens (primary N) is 1. The van der Waals surface area contributed by atoms with Gasteiger partial charge in [-0.15, -0.1) is 17.5 Å². The molecule has 0 aliphatic heterocycles. The summed E-state index contributed by atoms with van der Waals surface area (Å²) in [7, 11) is 0. The fraction of sp³-hybridized carbons (Fsp3) is 0.550. The highest BCUT2D eigenvalue weighted by atomic mass is 35.5. The van der Waals surface area contributed by atoms with Crippen LogP contribution in [0.25, 0.3) is 11.7 Å². The molecule has 2 aromatic heterocycles. The van der Waals surface area contributed by atoms with Crippen molar-refractivity contribution in [2.75, 3.05) is 5.73 Å². The molecular weight excluding hydrogens is 394 g/mol. The van der Waals surface area contributed by atoms with Crippen LogP contribution in [0.3, 0.4) is 0 Å². The molecule has 2 aliphatic carbocycles. The number of carbonyl (C=O) groups is 1. The smallest absolute Gasteiger partial charge is 0.291 e. The number of allylic oxidation sites excluding steroid dienone is 1. The molecule has 2 aliphatic rings. The van der Waals surface area contributed by atoms with Gasteiger partial charge in [-0.25, -0.2) is 0 Å². The second-order valence-corrected chi connectivity index (χ2v) is 9.13. The van der Waals surface area contributed by atoms with Crippen LogP contribution in [0.1, 0.15) is 62.4 Å². The van der Waals surface area contributed by atoms with Crippen molar-refractivity contribution in [3.05, 3.63) is 27.6 Å². The Labute approximate surface area is 175 Å². The molecule has 2 fully saturated rings. The number of aromatic nitrogens is 3. The maximum absolute atomic E-state index is 13.0. The Morgan fingerprint density at radius 1 is 1.31 bits per heavy atom. The van der Waals surface area contributed by atoms with Crippen LogP contribution in [0, 0.1) is 11.3 Å². The van der Waals surface area contributed by atoms with E-state index in [4.69, 9.17) is 5.73 Å². The molecular formula is C20H28ClN5O3. The second kappa shape index (κ2) is 7.40. The molecule has 2 heterocycles. The molecule has 1 amide bonds. The number of nitrogen functional groups attached to an aromatic ring is 1. The molecule has 0 spiro atoms. The monoisotopic (exact) mass is 421 g/mol. The zero-order valence-corrected chi connectivity index (χ0v) is 17.8. The van der Waals surface area contributed by atoms with Crippen molar-refractivity contribution in [2.24, 2.45) is 11.3 Å². The highest BCUT2D eigenvalue weighted by Crippen LogP contribution is 2.33. The van der Waals surface area contributed by atoms with Crippen LogP contribution in [-0.2, 0) is 6.54 Å². The molecule has 4 rings (SSSR count). The van der Waals surface area contributed by atoms with Gasteiger partial charge in [0.1, 0.15) is 0 Å². The molecule has 2 aromatic rings. The van der Waals surface area contributed by atoms with Gasteiger partial charge in [0.15, 0.2) is 17.0 Å². The Bertz CT molecular complexity index is 1040. The van der Waals surface area contributed by atoms with E-state index in [1.807, 2.05) is 26.8 Å². The maximum Gasteiger partial charge on any atom is 0.291 e. The second-order valence-electron chi connectivity index (χ2n) is 9.13. The minimum atomic E-state index is -0.659. The maximum atomic E-state index is 13.0. The number of anilines is 1. The van der Waals surface area contributed by atoms with Crippen molar-refractivity contribution in [3.63, 3.8) is 0 Å². The third-order valence-corrected chi connectivity index (χ3v) is 5.00. The molecule has 8 nitrogen and oxygen atoms in total. The largest absolute Gasteiger partial charge is 0.494 e. The molecule has 0 bridgehead atoms. The van der Waals surface area contributed by atoms with Crippen LogP contribution in [0.4, 0.5) is 5.82 Å². The number of fused-ring (bicyclic) bond motifs is 1. The number of nitrogens with zero attached hydrogens (tertiary/aromatic N) is 3. The quantitative estimate of drug-likeness (QED) is 0.686. The fourth-order valence-electron chi connectivity index (χ4n) is 3.26. The molecule has 0 saturated heterocycles. The van der Waals surface area contributed by atoms with E-state index in [1.165, 1.54) is 0 Å². The SMILES string of the molecule is CC(C)(C)Cn1c(O)c(C(=O)NC2CC2)c(=O)n2nc(N)c(C=CC3CC3)c12.Cl. The summed E-state index contributed by atoms with van der Waals surface area (Å²) in [4.78, 5) is 25.7. The number of halogens is 1. The van der Waals surface area contributed by atoms with E-state index in [9.17, 15) is 14.7 Å². The van der Waals surface area contributed by atoms with E-state index in [2.05, 4.69) is 16.5 Å². The van der Waals surface area contributed by atoms with Crippen LogP contribution in [0.5, 0.6) is 5.88 Å². The summed E-state index contributed by atoms with van der Waals surface area (Å²) in [5.41, 5.74) is 5.96. The summed E-state index contributed by atoms with van der Waals surface area (Å²) >= 11 is 0. The van der Waals surface area contributed by atoms with Gasteiger partial charge >= 0.3 is 0 Å². The Balaban J connectivity index is 0.00000240. The average molecular weight is 422 g/mol. The molecule has 0 unspecified atom stereocenters. The van der Waals surface area contributed by atoms with Crippen LogP contribution < -0.4 is 16.6 Å². The number of rotatable bonds is 5. The summed E-state index contributed by atoms with van der Waals surface area (Å²) in [5, 5.41) is 17.9. The highest BCUT2D eigenvalue weighted by Gasteiger charge is 2.31. The number of carbonyl (C=O) groups excluding carboxylic acids is 1. The summed E-state index contributed by atoms with van der Waals surface area (Å²) in [6, 6.07) is 0.0674. The number of nitrogens with one attached hydrogen (secondary N) is 1. The lowest BCUT2D eigenvalue weighted by molar-refractivity contribution is 0.0944. The van der Waals surface area contributed by atoms with Crippen molar-refractivity contribution in [1.29, 1.82) is 0 Å². The molecule has 0 atom stereocenters. The van der Waals surface area contributed by atoms with Gasteiger partial charge in [-0.3, -0.25) is 14.2 Å². The van der Waals surface area contributed by atoms with Gasteiger partial charge in [-0.2, -0.15) is 4.52 Å². The summed E-state index contributed by atoms with van der Waals surface area (Å²) < 4.78 is 2.73. The van der Waals surface area contributed by atoms with Crippen molar-refractivity contribution in [2.45, 2.75) is 59.0 Å². The number of aromatic hydroxyl groups is 1. The van der Waals surface area contributed by atoms with Crippen molar-refractivity contribution >= 4 is 35.9 Å². The van der Waals surface area contributed by atoms with E-state index in [0.29, 0.717) is 23.7 Å². The van der Waals surface area contributed by atoms with Crippen LogP contribution in [0.2, 0.25) is 0 Å². The molecule has 0 radical (unpaired) electrons. The van der Waals surface area contributed by atoms with Crippen molar-refractivity contribution in [1.82, 2.24) is 19.5 Å². The molecule has 4 N–H and O–H groups in total. The Morgan fingerprint density at radius 2 is 1.97 bits per heavy atom. The van der Waals surface area contributed by atoms with Crippen molar-refractivity contribution < 1.29 is 9.90 Å². The molecule has 2 saturated carbocycles. The molecule has 158 valence electrons. The first-order valence-corrected chi connectivity index (χ1v) is 9.79. The normalized spacial score (nSPS) is 16.9. The van der Waals surface area contributed by atoms with Gasteiger partial charge in [0.05, 0.1) is 5.56 Å². The third-order valence-electron chi connectivity index (χ3n) is 5.00. The fourth-order valence-corrected chi connectivity index (χ4v) is 3.26. The lowest BCUT2D eigenvalue weighted by Crippen LogP contribution is -2.35. The van der Waals surface area contributed by atoms with Gasteiger partial charge in [0.25, 0.3) is 11.5 Å². The van der Waals surface area contributed by atoms with Crippen LogP contribution in [0.15, 0.2) is 10.9 Å². The van der Waals surface area contributed by atoms with Crippen LogP contribution in [-0.4, -0.2) is 31.2 Å². The number of amides is 1. The number of hydrogen-bond acceptors (Lipinski definition) is 5. The summed E-state index contributed by atoms with van der Waals surface area (Å²) in [6.45, 7) is 6.45. The van der Waals surface area contributed by atoms with Gasteiger partial charge in [-0.05, 0) is 37.0 Å². The van der Waals surface area contributed by atoms with E-state index in [0.717, 1.165) is 30.2 Å². The third kappa shape index (κ3) is 4.27. The standard InChI is InChI=1S/C20H27N5O3.ClH/c1-20(2,3)10-24-17-13(9-6-11-4-5-11)15(21)23-25(17)19(28)14(18(24)27)16(26)22-12-7-8-12;/h6,9,11-12,27H,4-5,7-8,10H2,1-3H3,(H2,21,23)(H,22,26);1H. The van der Waals surface area contributed by atoms with Gasteiger partial charge < -0.3 is 16.2 Å². The van der Waals surface area contributed by atoms with E-state index < -0.39 is 11.5 Å². The molecule has 29 heavy (non-hydrogen) atoms. The average Bonchev–Trinajstić information content (AvgIpc) is 3.50. The minimum Gasteiger partial charge on any atom is -0.494 e. The molecule has 9 heteroatoms. The Morgan fingerprint density at radius 3 is 2.52 bits per heavy atom. The molecule has 0 aromatic carbocycles. The van der Waals surface area contributed by atoms with Gasteiger partial charge in [0, 0.05) is 12.6 Å². The van der Waals surface area contributed by atoms with Crippen molar-refractivity contribution in [3.8, 4) is 5.88 Å².